The maximum atomic E-state index is 9.57. The number of aromatic nitrogens is 1. The Morgan fingerprint density at radius 2 is 1.58 bits per heavy atom. The highest BCUT2D eigenvalue weighted by Gasteiger charge is 2.12. The molecule has 2 aromatic carbocycles. The fraction of sp³-hybridized carbons (Fsp3) is 0.143. The molecule has 3 nitrogen and oxygen atoms in total. The van der Waals surface area contributed by atoms with Gasteiger partial charge in [0.1, 0.15) is 6.07 Å². The van der Waals surface area contributed by atoms with E-state index in [1.165, 1.54) is 0 Å². The molecule has 24 heavy (non-hydrogen) atoms. The predicted octanol–water partition coefficient (Wildman–Crippen LogP) is 4.66. The summed E-state index contributed by atoms with van der Waals surface area (Å²) in [6.07, 6.45) is 0. The number of benzene rings is 2. The summed E-state index contributed by atoms with van der Waals surface area (Å²) in [4.78, 5) is 6.67. The smallest absolute Gasteiger partial charge is 0.102 e. The van der Waals surface area contributed by atoms with E-state index in [1.54, 1.807) is 0 Å². The molecule has 3 rings (SSSR count). The van der Waals surface area contributed by atoms with Gasteiger partial charge in [-0.3, -0.25) is 4.98 Å². The third kappa shape index (κ3) is 3.00. The Bertz CT molecular complexity index is 889. The van der Waals surface area contributed by atoms with Crippen molar-refractivity contribution in [2.24, 2.45) is 0 Å². The molecule has 118 valence electrons. The van der Waals surface area contributed by atoms with Crippen LogP contribution in [0.3, 0.4) is 0 Å². The number of rotatable bonds is 3. The van der Waals surface area contributed by atoms with E-state index in [2.05, 4.69) is 40.2 Å². The molecule has 0 aliphatic rings. The van der Waals surface area contributed by atoms with E-state index in [9.17, 15) is 5.26 Å². The number of nitriles is 1. The average Bonchev–Trinajstić information content (AvgIpc) is 2.62. The Labute approximate surface area is 142 Å². The molecule has 1 aromatic heterocycles. The number of nitrogens with zero attached hydrogens (tertiary/aromatic N) is 3. The van der Waals surface area contributed by atoms with Crippen molar-refractivity contribution in [3.8, 4) is 28.5 Å². The van der Waals surface area contributed by atoms with Gasteiger partial charge in [0.15, 0.2) is 0 Å². The second kappa shape index (κ2) is 6.55. The minimum absolute atomic E-state index is 0.632. The van der Waals surface area contributed by atoms with Crippen molar-refractivity contribution in [3.05, 3.63) is 71.9 Å². The van der Waals surface area contributed by atoms with Gasteiger partial charge >= 0.3 is 0 Å². The first kappa shape index (κ1) is 15.8. The van der Waals surface area contributed by atoms with E-state index < -0.39 is 0 Å². The van der Waals surface area contributed by atoms with Crippen LogP contribution in [-0.2, 0) is 0 Å². The van der Waals surface area contributed by atoms with Crippen molar-refractivity contribution in [1.29, 1.82) is 5.26 Å². The highest BCUT2D eigenvalue weighted by molar-refractivity contribution is 5.77. The van der Waals surface area contributed by atoms with Gasteiger partial charge in [-0.2, -0.15) is 5.26 Å². The maximum absolute atomic E-state index is 9.57. The van der Waals surface area contributed by atoms with Gasteiger partial charge in [-0.25, -0.2) is 0 Å². The summed E-state index contributed by atoms with van der Waals surface area (Å²) in [6.45, 7) is 1.89. The Kier molecular flexibility index (Phi) is 4.31. The summed E-state index contributed by atoms with van der Waals surface area (Å²) in [5.41, 5.74) is 6.41. The third-order valence-corrected chi connectivity index (χ3v) is 4.08. The lowest BCUT2D eigenvalue weighted by molar-refractivity contribution is 1.13. The molecule has 1 heterocycles. The van der Waals surface area contributed by atoms with Crippen molar-refractivity contribution in [2.75, 3.05) is 19.0 Å². The van der Waals surface area contributed by atoms with Crippen molar-refractivity contribution in [2.45, 2.75) is 6.92 Å². The minimum Gasteiger partial charge on any atom is -0.378 e. The van der Waals surface area contributed by atoms with E-state index in [-0.39, 0.29) is 0 Å². The van der Waals surface area contributed by atoms with Crippen molar-refractivity contribution >= 4 is 5.69 Å². The van der Waals surface area contributed by atoms with E-state index in [1.807, 2.05) is 57.4 Å². The monoisotopic (exact) mass is 313 g/mol. The molecule has 0 aliphatic heterocycles. The van der Waals surface area contributed by atoms with Gasteiger partial charge in [-0.15, -0.1) is 0 Å². The molecule has 0 atom stereocenters. The topological polar surface area (TPSA) is 39.9 Å². The van der Waals surface area contributed by atoms with Crippen LogP contribution in [0.25, 0.3) is 22.4 Å². The van der Waals surface area contributed by atoms with Gasteiger partial charge in [0, 0.05) is 30.9 Å². The van der Waals surface area contributed by atoms with E-state index in [4.69, 9.17) is 0 Å². The summed E-state index contributed by atoms with van der Waals surface area (Å²) in [5.74, 6) is 0. The molecule has 0 N–H and O–H groups in total. The van der Waals surface area contributed by atoms with Gasteiger partial charge in [-0.1, -0.05) is 42.5 Å². The quantitative estimate of drug-likeness (QED) is 0.706. The van der Waals surface area contributed by atoms with Crippen LogP contribution in [0.2, 0.25) is 0 Å². The number of hydrogen-bond acceptors (Lipinski definition) is 3. The predicted molar refractivity (Wildman–Crippen MR) is 98.9 cm³/mol. The molecule has 0 fully saturated rings. The van der Waals surface area contributed by atoms with Crippen molar-refractivity contribution in [3.63, 3.8) is 0 Å². The van der Waals surface area contributed by atoms with Gasteiger partial charge in [-0.05, 0) is 30.7 Å². The second-order valence-electron chi connectivity index (χ2n) is 5.93. The largest absolute Gasteiger partial charge is 0.378 e. The van der Waals surface area contributed by atoms with Crippen LogP contribution >= 0.6 is 0 Å². The van der Waals surface area contributed by atoms with E-state index in [0.717, 1.165) is 33.8 Å². The SMILES string of the molecule is Cc1nc(-c2ccccc2)cc(-c2ccc(N(C)C)cc2)c1C#N. The fourth-order valence-corrected chi connectivity index (χ4v) is 2.74. The minimum atomic E-state index is 0.632. The zero-order valence-electron chi connectivity index (χ0n) is 14.1. The fourth-order valence-electron chi connectivity index (χ4n) is 2.74. The molecule has 0 amide bonds. The second-order valence-corrected chi connectivity index (χ2v) is 5.93. The van der Waals surface area contributed by atoms with Crippen LogP contribution in [0.15, 0.2) is 60.7 Å². The summed E-state index contributed by atoms with van der Waals surface area (Å²) in [5, 5.41) is 9.57. The van der Waals surface area contributed by atoms with Gasteiger partial charge in [0.2, 0.25) is 0 Å². The molecule has 0 saturated carbocycles. The first-order valence-electron chi connectivity index (χ1n) is 7.85. The van der Waals surface area contributed by atoms with Gasteiger partial charge < -0.3 is 4.90 Å². The number of pyridine rings is 1. The molecule has 3 heteroatoms. The van der Waals surface area contributed by atoms with E-state index in [0.29, 0.717) is 5.56 Å². The number of aryl methyl sites for hydroxylation is 1. The van der Waals surface area contributed by atoms with Gasteiger partial charge in [0.25, 0.3) is 0 Å². The highest BCUT2D eigenvalue weighted by atomic mass is 15.1. The van der Waals surface area contributed by atoms with Crippen molar-refractivity contribution < 1.29 is 0 Å². The van der Waals surface area contributed by atoms with Crippen LogP contribution in [0.1, 0.15) is 11.3 Å². The number of hydrogen-bond donors (Lipinski definition) is 0. The first-order valence-corrected chi connectivity index (χ1v) is 7.85. The Balaban J connectivity index is 2.15. The number of anilines is 1. The van der Waals surface area contributed by atoms with Crippen LogP contribution in [0.4, 0.5) is 5.69 Å². The van der Waals surface area contributed by atoms with Crippen LogP contribution < -0.4 is 4.90 Å². The molecule has 0 spiro atoms. The molecule has 0 radical (unpaired) electrons. The normalized spacial score (nSPS) is 10.2. The summed E-state index contributed by atoms with van der Waals surface area (Å²) in [7, 11) is 4.03. The molecule has 0 bridgehead atoms. The Morgan fingerprint density at radius 1 is 0.917 bits per heavy atom. The standard InChI is InChI=1S/C21H19N3/c1-15-20(14-22)19(16-9-11-18(12-10-16)24(2)3)13-21(23-15)17-7-5-4-6-8-17/h4-13H,1-3H3. The lowest BCUT2D eigenvalue weighted by Gasteiger charge is -2.14. The maximum Gasteiger partial charge on any atom is 0.102 e. The molecule has 0 saturated heterocycles. The summed E-state index contributed by atoms with van der Waals surface area (Å²) >= 11 is 0. The van der Waals surface area contributed by atoms with Gasteiger partial charge in [0.05, 0.1) is 17.0 Å². The molecule has 0 aliphatic carbocycles. The molecular formula is C21H19N3. The zero-order chi connectivity index (χ0) is 17.1. The van der Waals surface area contributed by atoms with Crippen LogP contribution in [-0.4, -0.2) is 19.1 Å². The first-order chi connectivity index (χ1) is 11.6. The highest BCUT2D eigenvalue weighted by Crippen LogP contribution is 2.30. The summed E-state index contributed by atoms with van der Waals surface area (Å²) < 4.78 is 0. The average molecular weight is 313 g/mol. The summed E-state index contributed by atoms with van der Waals surface area (Å²) in [6, 6.07) is 22.6. The molecule has 3 aromatic rings. The third-order valence-electron chi connectivity index (χ3n) is 4.08. The van der Waals surface area contributed by atoms with E-state index >= 15 is 0 Å². The Morgan fingerprint density at radius 3 is 2.17 bits per heavy atom. The van der Waals surface area contributed by atoms with Crippen LogP contribution in [0, 0.1) is 18.3 Å². The lowest BCUT2D eigenvalue weighted by atomic mass is 9.97. The van der Waals surface area contributed by atoms with Crippen molar-refractivity contribution in [1.82, 2.24) is 4.98 Å². The zero-order valence-corrected chi connectivity index (χ0v) is 14.1. The van der Waals surface area contributed by atoms with Crippen LogP contribution in [0.5, 0.6) is 0 Å². The Hall–Kier alpha value is -3.12. The lowest BCUT2D eigenvalue weighted by Crippen LogP contribution is -2.08. The molecular weight excluding hydrogens is 294 g/mol. The molecule has 0 unspecified atom stereocenters.